The SMILES string of the molecule is Cc1cccc(S(=O)(=O)Nc2ccc(F)c(S(=O)(=O)N3CCOCC3)c2)c1. The van der Waals surface area contributed by atoms with Gasteiger partial charge in [0.05, 0.1) is 23.8 Å². The standard InChI is InChI=1S/C17H19FN2O5S2/c1-13-3-2-4-15(11-13)26(21,22)19-14-5-6-16(18)17(12-14)27(23,24)20-7-9-25-10-8-20/h2-6,11-12,19H,7-10H2,1H3. The largest absolute Gasteiger partial charge is 0.379 e. The van der Waals surface area contributed by atoms with Crippen molar-refractivity contribution >= 4 is 25.7 Å². The van der Waals surface area contributed by atoms with Gasteiger partial charge in [0.1, 0.15) is 10.7 Å². The lowest BCUT2D eigenvalue weighted by atomic mass is 10.2. The van der Waals surface area contributed by atoms with Gasteiger partial charge in [-0.3, -0.25) is 4.72 Å². The van der Waals surface area contributed by atoms with Crippen molar-refractivity contribution in [2.75, 3.05) is 31.0 Å². The van der Waals surface area contributed by atoms with Crippen molar-refractivity contribution in [2.45, 2.75) is 16.7 Å². The minimum absolute atomic E-state index is 0.0319. The molecular weight excluding hydrogens is 395 g/mol. The molecule has 0 spiro atoms. The van der Waals surface area contributed by atoms with E-state index in [-0.39, 0.29) is 36.9 Å². The number of nitrogens with one attached hydrogen (secondary N) is 1. The molecular formula is C17H19FN2O5S2. The molecule has 1 aliphatic rings. The zero-order valence-electron chi connectivity index (χ0n) is 14.6. The second-order valence-corrected chi connectivity index (χ2v) is 9.67. The number of sulfonamides is 2. The number of anilines is 1. The highest BCUT2D eigenvalue weighted by Crippen LogP contribution is 2.25. The second kappa shape index (κ2) is 7.55. The van der Waals surface area contributed by atoms with Crippen molar-refractivity contribution < 1.29 is 26.0 Å². The number of aryl methyl sites for hydroxylation is 1. The van der Waals surface area contributed by atoms with Crippen LogP contribution in [0.15, 0.2) is 52.3 Å². The van der Waals surface area contributed by atoms with E-state index in [1.165, 1.54) is 18.2 Å². The Hall–Kier alpha value is -2.01. The number of ether oxygens (including phenoxy) is 1. The van der Waals surface area contributed by atoms with Gasteiger partial charge in [-0.1, -0.05) is 12.1 Å². The Bertz CT molecular complexity index is 1050. The third-order valence-electron chi connectivity index (χ3n) is 4.07. The summed E-state index contributed by atoms with van der Waals surface area (Å²) in [6.07, 6.45) is 0. The summed E-state index contributed by atoms with van der Waals surface area (Å²) in [7, 11) is -8.04. The fraction of sp³-hybridized carbons (Fsp3) is 0.294. The molecule has 146 valence electrons. The van der Waals surface area contributed by atoms with Gasteiger partial charge in [0.25, 0.3) is 10.0 Å². The van der Waals surface area contributed by atoms with E-state index in [0.29, 0.717) is 0 Å². The van der Waals surface area contributed by atoms with Gasteiger partial charge in [0, 0.05) is 13.1 Å². The smallest absolute Gasteiger partial charge is 0.261 e. The predicted molar refractivity (Wildman–Crippen MR) is 98.0 cm³/mol. The quantitative estimate of drug-likeness (QED) is 0.807. The van der Waals surface area contributed by atoms with Gasteiger partial charge in [-0.05, 0) is 42.8 Å². The zero-order valence-corrected chi connectivity index (χ0v) is 16.2. The average molecular weight is 414 g/mol. The lowest BCUT2D eigenvalue weighted by Crippen LogP contribution is -2.40. The van der Waals surface area contributed by atoms with Crippen molar-refractivity contribution in [1.82, 2.24) is 4.31 Å². The van der Waals surface area contributed by atoms with E-state index in [2.05, 4.69) is 4.72 Å². The first kappa shape index (κ1) is 19.7. The number of nitrogens with zero attached hydrogens (tertiary/aromatic N) is 1. The molecule has 2 aromatic rings. The molecule has 7 nitrogen and oxygen atoms in total. The Kier molecular flexibility index (Phi) is 5.52. The number of benzene rings is 2. The van der Waals surface area contributed by atoms with E-state index in [1.807, 2.05) is 0 Å². The Morgan fingerprint density at radius 1 is 1.04 bits per heavy atom. The van der Waals surface area contributed by atoms with Crippen molar-refractivity contribution in [3.05, 3.63) is 53.8 Å². The van der Waals surface area contributed by atoms with Crippen LogP contribution in [-0.4, -0.2) is 47.4 Å². The maximum Gasteiger partial charge on any atom is 0.261 e. The van der Waals surface area contributed by atoms with Gasteiger partial charge in [0.15, 0.2) is 0 Å². The molecule has 1 N–H and O–H groups in total. The first-order valence-electron chi connectivity index (χ1n) is 8.17. The maximum atomic E-state index is 14.2. The topological polar surface area (TPSA) is 92.8 Å². The van der Waals surface area contributed by atoms with Crippen LogP contribution in [0.25, 0.3) is 0 Å². The Labute approximate surface area is 157 Å². The van der Waals surface area contributed by atoms with E-state index < -0.39 is 30.8 Å². The molecule has 1 saturated heterocycles. The van der Waals surface area contributed by atoms with E-state index in [4.69, 9.17) is 4.74 Å². The van der Waals surface area contributed by atoms with Gasteiger partial charge in [-0.2, -0.15) is 4.31 Å². The number of hydrogen-bond donors (Lipinski definition) is 1. The zero-order chi connectivity index (χ0) is 19.7. The third kappa shape index (κ3) is 4.29. The number of morpholine rings is 1. The maximum absolute atomic E-state index is 14.2. The van der Waals surface area contributed by atoms with Crippen molar-refractivity contribution in [1.29, 1.82) is 0 Å². The van der Waals surface area contributed by atoms with Crippen LogP contribution in [0.4, 0.5) is 10.1 Å². The van der Waals surface area contributed by atoms with E-state index in [1.54, 1.807) is 19.1 Å². The van der Waals surface area contributed by atoms with Crippen LogP contribution in [0.5, 0.6) is 0 Å². The highest BCUT2D eigenvalue weighted by Gasteiger charge is 2.29. The summed E-state index contributed by atoms with van der Waals surface area (Å²) < 4.78 is 73.2. The summed E-state index contributed by atoms with van der Waals surface area (Å²) in [6.45, 7) is 2.42. The Morgan fingerprint density at radius 2 is 1.74 bits per heavy atom. The molecule has 0 aliphatic carbocycles. The van der Waals surface area contributed by atoms with Gasteiger partial charge >= 0.3 is 0 Å². The predicted octanol–water partition coefficient (Wildman–Crippen LogP) is 1.96. The molecule has 2 aromatic carbocycles. The molecule has 0 atom stereocenters. The monoisotopic (exact) mass is 414 g/mol. The Morgan fingerprint density at radius 3 is 2.41 bits per heavy atom. The van der Waals surface area contributed by atoms with E-state index in [9.17, 15) is 21.2 Å². The molecule has 3 rings (SSSR count). The Balaban J connectivity index is 1.94. The summed E-state index contributed by atoms with van der Waals surface area (Å²) in [6, 6.07) is 9.37. The highest BCUT2D eigenvalue weighted by atomic mass is 32.2. The van der Waals surface area contributed by atoms with Crippen LogP contribution in [-0.2, 0) is 24.8 Å². The fourth-order valence-corrected chi connectivity index (χ4v) is 5.34. The number of halogens is 1. The molecule has 1 heterocycles. The average Bonchev–Trinajstić information content (AvgIpc) is 2.64. The summed E-state index contributed by atoms with van der Waals surface area (Å²) in [5.74, 6) is -0.944. The molecule has 0 bridgehead atoms. The van der Waals surface area contributed by atoms with Gasteiger partial charge in [-0.25, -0.2) is 21.2 Å². The molecule has 0 unspecified atom stereocenters. The van der Waals surface area contributed by atoms with Crippen LogP contribution in [0.1, 0.15) is 5.56 Å². The molecule has 0 radical (unpaired) electrons. The van der Waals surface area contributed by atoms with Gasteiger partial charge in [0.2, 0.25) is 10.0 Å². The summed E-state index contributed by atoms with van der Waals surface area (Å²) in [4.78, 5) is -0.543. The molecule has 1 aliphatic heterocycles. The molecule has 10 heteroatoms. The first-order valence-corrected chi connectivity index (χ1v) is 11.1. The summed E-state index contributed by atoms with van der Waals surface area (Å²) in [5, 5.41) is 0. The molecule has 27 heavy (non-hydrogen) atoms. The minimum Gasteiger partial charge on any atom is -0.379 e. The normalized spacial score (nSPS) is 16.2. The second-order valence-electron chi connectivity index (χ2n) is 6.08. The molecule has 0 amide bonds. The van der Waals surface area contributed by atoms with Gasteiger partial charge in [-0.15, -0.1) is 0 Å². The van der Waals surface area contributed by atoms with E-state index >= 15 is 0 Å². The van der Waals surface area contributed by atoms with E-state index in [0.717, 1.165) is 22.0 Å². The first-order chi connectivity index (χ1) is 12.7. The van der Waals surface area contributed by atoms with Crippen LogP contribution >= 0.6 is 0 Å². The number of hydrogen-bond acceptors (Lipinski definition) is 5. The highest BCUT2D eigenvalue weighted by molar-refractivity contribution is 7.92. The van der Waals surface area contributed by atoms with Crippen LogP contribution in [0, 0.1) is 12.7 Å². The van der Waals surface area contributed by atoms with Crippen molar-refractivity contribution in [3.63, 3.8) is 0 Å². The molecule has 0 aromatic heterocycles. The summed E-state index contributed by atoms with van der Waals surface area (Å²) >= 11 is 0. The van der Waals surface area contributed by atoms with Crippen molar-refractivity contribution in [3.8, 4) is 0 Å². The summed E-state index contributed by atoms with van der Waals surface area (Å²) in [5.41, 5.74) is 0.720. The van der Waals surface area contributed by atoms with Crippen LogP contribution in [0.3, 0.4) is 0 Å². The molecule has 1 fully saturated rings. The van der Waals surface area contributed by atoms with Gasteiger partial charge < -0.3 is 4.74 Å². The third-order valence-corrected chi connectivity index (χ3v) is 7.36. The number of rotatable bonds is 5. The van der Waals surface area contributed by atoms with Crippen LogP contribution < -0.4 is 4.72 Å². The minimum atomic E-state index is -4.10. The van der Waals surface area contributed by atoms with Crippen molar-refractivity contribution in [2.24, 2.45) is 0 Å². The lowest BCUT2D eigenvalue weighted by molar-refractivity contribution is 0.0729. The fourth-order valence-electron chi connectivity index (χ4n) is 2.69. The van der Waals surface area contributed by atoms with Crippen LogP contribution in [0.2, 0.25) is 0 Å². The molecule has 0 saturated carbocycles. The lowest BCUT2D eigenvalue weighted by Gasteiger charge is -2.26.